The topological polar surface area (TPSA) is 67.4 Å². The standard InChI is InChI=1S/C23H23FN2O3/c24-17-9-5-14(6-10-17)13-25-21(27)19-11-16-8-7-15(19)12-23(16)26-22(28)18-3-1-2-4-20(18)29-23/h1-6,9-10,15-16,19H,7-8,11-13H2,(H,25,27)(H,26,28)/t15-,16+,19+,23+/m1/s1. The number of nitrogens with one attached hydrogen (secondary N) is 2. The SMILES string of the molecule is O=C1N[C@@]2(C[C@H]3CC[C@H]2C[C@@H]3C(=O)NCc2ccc(F)cc2)Oc2ccccc21. The van der Waals surface area contributed by atoms with Gasteiger partial charge in [0.25, 0.3) is 5.91 Å². The lowest BCUT2D eigenvalue weighted by atomic mass is 9.60. The number of carbonyl (C=O) groups is 2. The highest BCUT2D eigenvalue weighted by Crippen LogP contribution is 2.52. The highest BCUT2D eigenvalue weighted by atomic mass is 19.1. The molecule has 1 aliphatic heterocycles. The summed E-state index contributed by atoms with van der Waals surface area (Å²) in [6.45, 7) is 0.388. The summed E-state index contributed by atoms with van der Waals surface area (Å²) in [4.78, 5) is 25.5. The van der Waals surface area contributed by atoms with E-state index in [-0.39, 0.29) is 35.4 Å². The molecule has 2 aromatic carbocycles. The largest absolute Gasteiger partial charge is 0.467 e. The molecule has 3 aliphatic carbocycles. The van der Waals surface area contributed by atoms with E-state index in [0.717, 1.165) is 18.4 Å². The molecule has 2 N–H and O–H groups in total. The van der Waals surface area contributed by atoms with E-state index in [2.05, 4.69) is 10.6 Å². The van der Waals surface area contributed by atoms with E-state index in [0.29, 0.717) is 30.7 Å². The molecule has 4 atom stereocenters. The molecule has 0 aromatic heterocycles. The molecule has 1 spiro atoms. The molecule has 6 heteroatoms. The van der Waals surface area contributed by atoms with Crippen LogP contribution in [0.15, 0.2) is 48.5 Å². The third-order valence-corrected chi connectivity index (χ3v) is 6.68. The summed E-state index contributed by atoms with van der Waals surface area (Å²) in [6.07, 6.45) is 3.24. The smallest absolute Gasteiger partial charge is 0.258 e. The minimum Gasteiger partial charge on any atom is -0.467 e. The minimum absolute atomic E-state index is 0.0291. The molecular formula is C23H23FN2O3. The van der Waals surface area contributed by atoms with Crippen LogP contribution >= 0.6 is 0 Å². The Kier molecular flexibility index (Phi) is 4.30. The van der Waals surface area contributed by atoms with Crippen LogP contribution in [0.3, 0.4) is 0 Å². The normalized spacial score (nSPS) is 29.7. The maximum Gasteiger partial charge on any atom is 0.258 e. The van der Waals surface area contributed by atoms with Crippen LogP contribution in [0.4, 0.5) is 4.39 Å². The Morgan fingerprint density at radius 1 is 1.17 bits per heavy atom. The third kappa shape index (κ3) is 3.16. The Morgan fingerprint density at radius 3 is 2.72 bits per heavy atom. The van der Waals surface area contributed by atoms with E-state index in [1.54, 1.807) is 18.2 Å². The number of para-hydroxylation sites is 1. The number of hydrogen-bond donors (Lipinski definition) is 2. The van der Waals surface area contributed by atoms with Gasteiger partial charge in [-0.25, -0.2) is 4.39 Å². The number of benzene rings is 2. The van der Waals surface area contributed by atoms with E-state index >= 15 is 0 Å². The Balaban J connectivity index is 1.28. The number of ether oxygens (including phenoxy) is 1. The molecule has 150 valence electrons. The van der Waals surface area contributed by atoms with Crippen LogP contribution in [0.2, 0.25) is 0 Å². The fraction of sp³-hybridized carbons (Fsp3) is 0.391. The molecule has 0 unspecified atom stereocenters. The highest BCUT2D eigenvalue weighted by molar-refractivity contribution is 5.98. The molecule has 1 heterocycles. The number of carbonyl (C=O) groups excluding carboxylic acids is 2. The van der Waals surface area contributed by atoms with Crippen LogP contribution in [0.5, 0.6) is 5.75 Å². The quantitative estimate of drug-likeness (QED) is 0.839. The Labute approximate surface area is 168 Å². The zero-order valence-electron chi connectivity index (χ0n) is 16.0. The molecule has 2 aromatic rings. The van der Waals surface area contributed by atoms with Gasteiger partial charge in [-0.2, -0.15) is 0 Å². The van der Waals surface area contributed by atoms with Crippen molar-refractivity contribution in [2.45, 2.75) is 38.0 Å². The molecule has 4 aliphatic rings. The van der Waals surface area contributed by atoms with Crippen molar-refractivity contribution in [3.05, 3.63) is 65.5 Å². The first-order chi connectivity index (χ1) is 14.0. The van der Waals surface area contributed by atoms with Gasteiger partial charge >= 0.3 is 0 Å². The summed E-state index contributed by atoms with van der Waals surface area (Å²) < 4.78 is 19.4. The van der Waals surface area contributed by atoms with E-state index in [9.17, 15) is 14.0 Å². The van der Waals surface area contributed by atoms with E-state index in [1.165, 1.54) is 12.1 Å². The zero-order chi connectivity index (χ0) is 20.0. The number of amides is 2. The maximum atomic E-state index is 13.0. The van der Waals surface area contributed by atoms with Gasteiger partial charge in [0.1, 0.15) is 11.6 Å². The minimum atomic E-state index is -0.706. The summed E-state index contributed by atoms with van der Waals surface area (Å²) in [5.41, 5.74) is 0.729. The van der Waals surface area contributed by atoms with Gasteiger partial charge in [0.2, 0.25) is 5.91 Å². The predicted molar refractivity (Wildman–Crippen MR) is 104 cm³/mol. The number of fused-ring (bicyclic) bond motifs is 3. The molecule has 3 fully saturated rings. The van der Waals surface area contributed by atoms with Crippen molar-refractivity contribution in [3.63, 3.8) is 0 Å². The van der Waals surface area contributed by atoms with Crippen molar-refractivity contribution >= 4 is 11.8 Å². The van der Waals surface area contributed by atoms with Crippen LogP contribution in [-0.4, -0.2) is 17.5 Å². The molecule has 2 bridgehead atoms. The summed E-state index contributed by atoms with van der Waals surface area (Å²) in [6, 6.07) is 13.5. The fourth-order valence-corrected chi connectivity index (χ4v) is 5.20. The van der Waals surface area contributed by atoms with Crippen LogP contribution in [0, 0.1) is 23.6 Å². The van der Waals surface area contributed by atoms with Gasteiger partial charge in [-0.3, -0.25) is 9.59 Å². The molecule has 6 rings (SSSR count). The van der Waals surface area contributed by atoms with Crippen molar-refractivity contribution in [1.82, 2.24) is 10.6 Å². The van der Waals surface area contributed by atoms with Gasteiger partial charge < -0.3 is 15.4 Å². The predicted octanol–water partition coefficient (Wildman–Crippen LogP) is 3.40. The fourth-order valence-electron chi connectivity index (χ4n) is 5.20. The molecule has 0 radical (unpaired) electrons. The average Bonchev–Trinajstić information content (AvgIpc) is 2.73. The Hall–Kier alpha value is -2.89. The van der Waals surface area contributed by atoms with Gasteiger partial charge in [0, 0.05) is 24.8 Å². The van der Waals surface area contributed by atoms with Crippen molar-refractivity contribution in [3.8, 4) is 5.75 Å². The van der Waals surface area contributed by atoms with E-state index < -0.39 is 5.72 Å². The lowest BCUT2D eigenvalue weighted by Gasteiger charge is -2.55. The van der Waals surface area contributed by atoms with Crippen molar-refractivity contribution in [1.29, 1.82) is 0 Å². The van der Waals surface area contributed by atoms with E-state index in [1.807, 2.05) is 18.2 Å². The number of halogens is 1. The van der Waals surface area contributed by atoms with Crippen molar-refractivity contribution < 1.29 is 18.7 Å². The second-order valence-corrected chi connectivity index (χ2v) is 8.37. The Morgan fingerprint density at radius 2 is 1.97 bits per heavy atom. The number of rotatable bonds is 3. The van der Waals surface area contributed by atoms with Crippen LogP contribution < -0.4 is 15.4 Å². The molecule has 2 amide bonds. The third-order valence-electron chi connectivity index (χ3n) is 6.68. The van der Waals surface area contributed by atoms with Gasteiger partial charge in [-0.15, -0.1) is 0 Å². The lowest BCUT2D eigenvalue weighted by molar-refractivity contribution is -0.146. The summed E-state index contributed by atoms with van der Waals surface area (Å²) in [7, 11) is 0. The van der Waals surface area contributed by atoms with Gasteiger partial charge in [0.15, 0.2) is 5.72 Å². The molecular weight excluding hydrogens is 371 g/mol. The van der Waals surface area contributed by atoms with Gasteiger partial charge in [-0.1, -0.05) is 24.3 Å². The molecule has 5 nitrogen and oxygen atoms in total. The first-order valence-electron chi connectivity index (χ1n) is 10.2. The summed E-state index contributed by atoms with van der Waals surface area (Å²) in [5.74, 6) is 0.452. The second-order valence-electron chi connectivity index (χ2n) is 8.37. The Bertz CT molecular complexity index is 961. The summed E-state index contributed by atoms with van der Waals surface area (Å²) in [5, 5.41) is 6.11. The molecule has 3 saturated carbocycles. The van der Waals surface area contributed by atoms with Gasteiger partial charge in [-0.05, 0) is 55.0 Å². The first kappa shape index (κ1) is 18.2. The van der Waals surface area contributed by atoms with Crippen molar-refractivity contribution in [2.75, 3.05) is 0 Å². The summed E-state index contributed by atoms with van der Waals surface area (Å²) >= 11 is 0. The van der Waals surface area contributed by atoms with Crippen LogP contribution in [-0.2, 0) is 11.3 Å². The second kappa shape index (κ2) is 6.87. The highest BCUT2D eigenvalue weighted by Gasteiger charge is 2.57. The monoisotopic (exact) mass is 394 g/mol. The molecule has 0 saturated heterocycles. The van der Waals surface area contributed by atoms with E-state index in [4.69, 9.17) is 4.74 Å². The number of hydrogen-bond acceptors (Lipinski definition) is 3. The first-order valence-corrected chi connectivity index (χ1v) is 10.2. The van der Waals surface area contributed by atoms with Gasteiger partial charge in [0.05, 0.1) is 5.56 Å². The van der Waals surface area contributed by atoms with Crippen LogP contribution in [0.1, 0.15) is 41.6 Å². The lowest BCUT2D eigenvalue weighted by Crippen LogP contribution is -2.66. The zero-order valence-corrected chi connectivity index (χ0v) is 16.0. The molecule has 29 heavy (non-hydrogen) atoms. The van der Waals surface area contributed by atoms with Crippen molar-refractivity contribution in [2.24, 2.45) is 17.8 Å². The van der Waals surface area contributed by atoms with Crippen LogP contribution in [0.25, 0.3) is 0 Å². The average molecular weight is 394 g/mol. The maximum absolute atomic E-state index is 13.0.